The monoisotopic (exact) mass is 317 g/mol. The van der Waals surface area contributed by atoms with Crippen molar-refractivity contribution in [1.29, 1.82) is 0 Å². The van der Waals surface area contributed by atoms with Crippen molar-refractivity contribution in [2.45, 2.75) is 12.4 Å². The molecule has 21 heavy (non-hydrogen) atoms. The van der Waals surface area contributed by atoms with E-state index in [0.717, 1.165) is 6.07 Å². The van der Waals surface area contributed by atoms with Crippen LogP contribution >= 0.6 is 11.6 Å². The Morgan fingerprint density at radius 3 is 2.90 bits per heavy atom. The molecule has 1 aromatic heterocycles. The highest BCUT2D eigenvalue weighted by Gasteiger charge is 2.18. The Bertz CT molecular complexity index is 660. The summed E-state index contributed by atoms with van der Waals surface area (Å²) >= 11 is 5.75. The van der Waals surface area contributed by atoms with Gasteiger partial charge in [0.2, 0.25) is 5.91 Å². The summed E-state index contributed by atoms with van der Waals surface area (Å²) in [7, 11) is 1.51. The van der Waals surface area contributed by atoms with Crippen LogP contribution in [-0.2, 0) is 22.0 Å². The Balaban J connectivity index is 2.33. The summed E-state index contributed by atoms with van der Waals surface area (Å²) in [5.41, 5.74) is 0.196. The van der Waals surface area contributed by atoms with Gasteiger partial charge in [-0.2, -0.15) is 0 Å². The van der Waals surface area contributed by atoms with E-state index >= 15 is 0 Å². The first-order chi connectivity index (χ1) is 10.1. The second-order valence-corrected chi connectivity index (χ2v) is 4.59. The van der Waals surface area contributed by atoms with Crippen molar-refractivity contribution in [1.82, 2.24) is 14.9 Å². The van der Waals surface area contributed by atoms with Crippen LogP contribution in [0, 0.1) is 11.6 Å². The van der Waals surface area contributed by atoms with Gasteiger partial charge in [-0.3, -0.25) is 4.79 Å². The first kappa shape index (κ1) is 15.7. The molecule has 1 N–H and O–H groups in total. The van der Waals surface area contributed by atoms with Crippen LogP contribution in [0.5, 0.6) is 0 Å². The molecule has 0 radical (unpaired) electrons. The fourth-order valence-electron chi connectivity index (χ4n) is 1.97. The van der Waals surface area contributed by atoms with Crippen LogP contribution in [-0.4, -0.2) is 35.7 Å². The van der Waals surface area contributed by atoms with E-state index < -0.39 is 11.6 Å². The van der Waals surface area contributed by atoms with E-state index in [4.69, 9.17) is 16.3 Å². The lowest BCUT2D eigenvalue weighted by atomic mass is 10.3. The number of amides is 1. The van der Waals surface area contributed by atoms with E-state index in [1.165, 1.54) is 17.7 Å². The van der Waals surface area contributed by atoms with Gasteiger partial charge in [0, 0.05) is 13.7 Å². The molecule has 1 amide bonds. The SMILES string of the molecule is COCCNC(=O)Cn1c(CCl)nc2ccc(F)c(F)c21. The number of aromatic nitrogens is 2. The van der Waals surface area contributed by atoms with Crippen LogP contribution in [0.1, 0.15) is 5.82 Å². The van der Waals surface area contributed by atoms with Gasteiger partial charge < -0.3 is 14.6 Å². The van der Waals surface area contributed by atoms with Crippen molar-refractivity contribution in [3.8, 4) is 0 Å². The number of nitrogens with zero attached hydrogens (tertiary/aromatic N) is 2. The highest BCUT2D eigenvalue weighted by Crippen LogP contribution is 2.22. The maximum Gasteiger partial charge on any atom is 0.240 e. The fraction of sp³-hybridized carbons (Fsp3) is 0.385. The summed E-state index contributed by atoms with van der Waals surface area (Å²) in [6.45, 7) is 0.499. The maximum absolute atomic E-state index is 13.9. The molecule has 0 spiro atoms. The third-order valence-corrected chi connectivity index (χ3v) is 3.17. The minimum atomic E-state index is -1.04. The minimum Gasteiger partial charge on any atom is -0.383 e. The van der Waals surface area contributed by atoms with Gasteiger partial charge in [0.1, 0.15) is 17.9 Å². The normalized spacial score (nSPS) is 11.0. The van der Waals surface area contributed by atoms with Gasteiger partial charge >= 0.3 is 0 Å². The molecule has 0 atom stereocenters. The zero-order chi connectivity index (χ0) is 15.4. The van der Waals surface area contributed by atoms with Crippen LogP contribution in [0.15, 0.2) is 12.1 Å². The highest BCUT2D eigenvalue weighted by atomic mass is 35.5. The summed E-state index contributed by atoms with van der Waals surface area (Å²) in [6, 6.07) is 2.34. The molecule has 0 unspecified atom stereocenters. The summed E-state index contributed by atoms with van der Waals surface area (Å²) in [4.78, 5) is 15.9. The number of hydrogen-bond acceptors (Lipinski definition) is 3. The number of imidazole rings is 1. The lowest BCUT2D eigenvalue weighted by molar-refractivity contribution is -0.121. The molecule has 0 bridgehead atoms. The summed E-state index contributed by atoms with van der Waals surface area (Å²) in [5.74, 6) is -2.11. The number of nitrogens with one attached hydrogen (secondary N) is 1. The molecule has 1 aromatic carbocycles. The molecule has 0 fully saturated rings. The van der Waals surface area contributed by atoms with Gasteiger partial charge in [-0.1, -0.05) is 0 Å². The summed E-state index contributed by atoms with van der Waals surface area (Å²) in [6.07, 6.45) is 0. The number of halogens is 3. The zero-order valence-electron chi connectivity index (χ0n) is 11.3. The standard InChI is InChI=1S/C13H14ClF2N3O2/c1-21-5-4-17-11(20)7-19-10(6-14)18-9-3-2-8(15)12(16)13(9)19/h2-3H,4-7H2,1H3,(H,17,20). The topological polar surface area (TPSA) is 56.1 Å². The van der Waals surface area contributed by atoms with Crippen molar-refractivity contribution < 1.29 is 18.3 Å². The molecule has 0 aliphatic heterocycles. The number of benzene rings is 1. The number of carbonyl (C=O) groups is 1. The molecular formula is C13H14ClF2N3O2. The molecule has 1 heterocycles. The van der Waals surface area contributed by atoms with Gasteiger partial charge in [-0.25, -0.2) is 13.8 Å². The molecule has 0 saturated heterocycles. The zero-order valence-corrected chi connectivity index (χ0v) is 12.1. The van der Waals surface area contributed by atoms with Crippen LogP contribution in [0.2, 0.25) is 0 Å². The number of alkyl halides is 1. The van der Waals surface area contributed by atoms with E-state index in [1.807, 2.05) is 0 Å². The molecular weight excluding hydrogens is 304 g/mol. The number of rotatable bonds is 6. The lowest BCUT2D eigenvalue weighted by Gasteiger charge is -2.09. The number of hydrogen-bond donors (Lipinski definition) is 1. The number of methoxy groups -OCH3 is 1. The molecule has 8 heteroatoms. The van der Waals surface area contributed by atoms with Gasteiger partial charge in [-0.15, -0.1) is 11.6 Å². The third-order valence-electron chi connectivity index (χ3n) is 2.93. The first-order valence-electron chi connectivity index (χ1n) is 6.23. The van der Waals surface area contributed by atoms with Crippen molar-refractivity contribution in [2.24, 2.45) is 0 Å². The number of fused-ring (bicyclic) bond motifs is 1. The van der Waals surface area contributed by atoms with E-state index in [1.54, 1.807) is 0 Å². The van der Waals surface area contributed by atoms with E-state index in [-0.39, 0.29) is 29.4 Å². The van der Waals surface area contributed by atoms with Crippen LogP contribution in [0.25, 0.3) is 11.0 Å². The average Bonchev–Trinajstić information content (AvgIpc) is 2.82. The van der Waals surface area contributed by atoms with Gasteiger partial charge in [0.05, 0.1) is 18.0 Å². The van der Waals surface area contributed by atoms with Crippen LogP contribution in [0.3, 0.4) is 0 Å². The molecule has 5 nitrogen and oxygen atoms in total. The Morgan fingerprint density at radius 1 is 1.48 bits per heavy atom. The predicted octanol–water partition coefficient (Wildman–Crippen LogP) is 1.82. The summed E-state index contributed by atoms with van der Waals surface area (Å²) in [5, 5.41) is 2.60. The van der Waals surface area contributed by atoms with Crippen molar-refractivity contribution in [3.63, 3.8) is 0 Å². The Morgan fingerprint density at radius 2 is 2.24 bits per heavy atom. The van der Waals surface area contributed by atoms with E-state index in [0.29, 0.717) is 19.0 Å². The second-order valence-electron chi connectivity index (χ2n) is 4.32. The molecule has 0 saturated carbocycles. The summed E-state index contributed by atoms with van der Waals surface area (Å²) < 4.78 is 33.4. The van der Waals surface area contributed by atoms with Crippen LogP contribution < -0.4 is 5.32 Å². The first-order valence-corrected chi connectivity index (χ1v) is 6.76. The highest BCUT2D eigenvalue weighted by molar-refractivity contribution is 6.16. The van der Waals surface area contributed by atoms with E-state index in [9.17, 15) is 13.6 Å². The Hall–Kier alpha value is -1.73. The van der Waals surface area contributed by atoms with E-state index in [2.05, 4.69) is 10.3 Å². The third kappa shape index (κ3) is 3.30. The fourth-order valence-corrected chi connectivity index (χ4v) is 2.17. The molecule has 0 aliphatic rings. The lowest BCUT2D eigenvalue weighted by Crippen LogP contribution is -2.30. The largest absolute Gasteiger partial charge is 0.383 e. The smallest absolute Gasteiger partial charge is 0.240 e. The van der Waals surface area contributed by atoms with Crippen molar-refractivity contribution >= 4 is 28.5 Å². The van der Waals surface area contributed by atoms with Gasteiger partial charge in [-0.05, 0) is 12.1 Å². The average molecular weight is 318 g/mol. The molecule has 114 valence electrons. The molecule has 2 rings (SSSR count). The Labute approximate surface area is 124 Å². The maximum atomic E-state index is 13.9. The predicted molar refractivity (Wildman–Crippen MR) is 74.1 cm³/mol. The van der Waals surface area contributed by atoms with Gasteiger partial charge in [0.25, 0.3) is 0 Å². The quantitative estimate of drug-likeness (QED) is 0.653. The van der Waals surface area contributed by atoms with Gasteiger partial charge in [0.15, 0.2) is 11.6 Å². The second kappa shape index (κ2) is 6.82. The number of carbonyl (C=O) groups excluding carboxylic acids is 1. The molecule has 2 aromatic rings. The minimum absolute atomic E-state index is 0.0128. The number of ether oxygens (including phenoxy) is 1. The van der Waals surface area contributed by atoms with Crippen molar-refractivity contribution in [3.05, 3.63) is 29.6 Å². The van der Waals surface area contributed by atoms with Crippen molar-refractivity contribution in [2.75, 3.05) is 20.3 Å². The Kier molecular flexibility index (Phi) is 5.08. The molecule has 0 aliphatic carbocycles. The van der Waals surface area contributed by atoms with Crippen LogP contribution in [0.4, 0.5) is 8.78 Å².